The lowest BCUT2D eigenvalue weighted by atomic mass is 9.61. The molecular formula is C26H47ClN2O3. The van der Waals surface area contributed by atoms with Crippen LogP contribution in [0.4, 0.5) is 0 Å². The smallest absolute Gasteiger partial charge is 0.239 e. The first kappa shape index (κ1) is 27.6. The molecule has 0 aromatic rings. The maximum atomic E-state index is 13.5. The summed E-state index contributed by atoms with van der Waals surface area (Å²) in [7, 11) is 0. The van der Waals surface area contributed by atoms with Crippen LogP contribution < -0.4 is 5.32 Å². The second-order valence-corrected chi connectivity index (χ2v) is 11.9. The Labute approximate surface area is 200 Å². The number of aliphatic hydroxyl groups is 1. The molecule has 1 heterocycles. The topological polar surface area (TPSA) is 84.1 Å². The second kappa shape index (κ2) is 11.7. The lowest BCUT2D eigenvalue weighted by molar-refractivity contribution is -0.169. The molecule has 0 aromatic heterocycles. The number of nitrogens with one attached hydrogen (secondary N) is 1. The molecule has 6 heteroatoms. The van der Waals surface area contributed by atoms with Gasteiger partial charge in [-0.2, -0.15) is 0 Å². The number of hydrogen-bond acceptors (Lipinski definition) is 3. The fourth-order valence-electron chi connectivity index (χ4n) is 6.24. The van der Waals surface area contributed by atoms with Gasteiger partial charge in [0.1, 0.15) is 0 Å². The van der Waals surface area contributed by atoms with Gasteiger partial charge in [0.2, 0.25) is 5.91 Å². The normalized spacial score (nSPS) is 29.9. The molecule has 3 atom stereocenters. The van der Waals surface area contributed by atoms with Gasteiger partial charge in [0.15, 0.2) is 0 Å². The molecule has 4 N–H and O–H groups in total. The Morgan fingerprint density at radius 2 is 1.94 bits per heavy atom. The average molecular weight is 471 g/mol. The summed E-state index contributed by atoms with van der Waals surface area (Å²) >= 11 is 6.18. The quantitative estimate of drug-likeness (QED) is 0.567. The van der Waals surface area contributed by atoms with Crippen molar-refractivity contribution in [3.05, 3.63) is 11.1 Å². The van der Waals surface area contributed by atoms with Gasteiger partial charge in [-0.1, -0.05) is 77.5 Å². The predicted octanol–water partition coefficient (Wildman–Crippen LogP) is 4.66. The van der Waals surface area contributed by atoms with Gasteiger partial charge in [0, 0.05) is 23.5 Å². The van der Waals surface area contributed by atoms with Crippen LogP contribution in [0.15, 0.2) is 11.1 Å². The van der Waals surface area contributed by atoms with E-state index in [1.165, 1.54) is 38.5 Å². The Bertz CT molecular complexity index is 645. The molecule has 0 aromatic carbocycles. The summed E-state index contributed by atoms with van der Waals surface area (Å²) in [5.41, 5.74) is -1.09. The highest BCUT2D eigenvalue weighted by atomic mass is 35.5. The minimum atomic E-state index is -0.750. The highest BCUT2D eigenvalue weighted by Gasteiger charge is 2.53. The first-order valence-electron chi connectivity index (χ1n) is 12.7. The third-order valence-electron chi connectivity index (χ3n) is 8.44. The number of nitrogens with zero attached hydrogens (tertiary/aromatic N) is 1. The van der Waals surface area contributed by atoms with E-state index in [4.69, 9.17) is 11.6 Å². The van der Waals surface area contributed by atoms with E-state index >= 15 is 0 Å². The molecule has 5 nitrogen and oxygen atoms in total. The van der Waals surface area contributed by atoms with E-state index in [-0.39, 0.29) is 34.7 Å². The third-order valence-corrected chi connectivity index (χ3v) is 8.78. The van der Waals surface area contributed by atoms with Crippen molar-refractivity contribution in [1.82, 2.24) is 10.2 Å². The summed E-state index contributed by atoms with van der Waals surface area (Å²) in [5, 5.41) is 16.2. The number of amides is 1. The number of likely N-dealkylation sites (tertiary alicyclic amines) is 1. The van der Waals surface area contributed by atoms with Crippen LogP contribution in [0.3, 0.4) is 0 Å². The zero-order valence-corrected chi connectivity index (χ0v) is 21.5. The van der Waals surface area contributed by atoms with Gasteiger partial charge in [-0.05, 0) is 56.4 Å². The molecule has 1 saturated heterocycles. The van der Waals surface area contributed by atoms with Crippen molar-refractivity contribution in [2.45, 2.75) is 104 Å². The van der Waals surface area contributed by atoms with E-state index in [9.17, 15) is 9.90 Å². The number of allylic oxidation sites excluding steroid dienone is 2. The van der Waals surface area contributed by atoms with Crippen LogP contribution in [0.2, 0.25) is 0 Å². The van der Waals surface area contributed by atoms with Gasteiger partial charge < -0.3 is 20.8 Å². The number of piperidine rings is 1. The summed E-state index contributed by atoms with van der Waals surface area (Å²) in [5.74, 6) is 1.51. The molecule has 2 fully saturated rings. The molecule has 0 spiro atoms. The Hall–Kier alpha value is -0.620. The maximum absolute atomic E-state index is 13.5. The third kappa shape index (κ3) is 6.28. The molecule has 1 amide bonds. The SMILES string of the molecule is CC(C)[C@@H](NCCC1CCCCC1)C(=O)N1CC[C@](O)(C2CC=C(Cl)CC2)C(C)(C)C1.O. The second-order valence-electron chi connectivity index (χ2n) is 11.4. The van der Waals surface area contributed by atoms with E-state index in [1.807, 2.05) is 4.90 Å². The summed E-state index contributed by atoms with van der Waals surface area (Å²) in [6, 6.07) is -0.137. The molecule has 3 rings (SSSR count). The van der Waals surface area contributed by atoms with Gasteiger partial charge in [-0.15, -0.1) is 0 Å². The van der Waals surface area contributed by atoms with E-state index in [1.54, 1.807) is 0 Å². The first-order valence-corrected chi connectivity index (χ1v) is 13.1. The van der Waals surface area contributed by atoms with Crippen molar-refractivity contribution < 1.29 is 15.4 Å². The Morgan fingerprint density at radius 3 is 2.50 bits per heavy atom. The van der Waals surface area contributed by atoms with E-state index < -0.39 is 5.60 Å². The van der Waals surface area contributed by atoms with Gasteiger partial charge in [-0.3, -0.25) is 4.79 Å². The molecule has 1 saturated carbocycles. The molecule has 186 valence electrons. The van der Waals surface area contributed by atoms with Crippen LogP contribution in [-0.2, 0) is 4.79 Å². The summed E-state index contributed by atoms with van der Waals surface area (Å²) in [6.07, 6.45) is 13.3. The van der Waals surface area contributed by atoms with Crippen molar-refractivity contribution in [3.63, 3.8) is 0 Å². The van der Waals surface area contributed by atoms with Crippen molar-refractivity contribution in [3.8, 4) is 0 Å². The number of carbonyl (C=O) groups excluding carboxylic acids is 1. The number of carbonyl (C=O) groups is 1. The Balaban J connectivity index is 0.00000363. The summed E-state index contributed by atoms with van der Waals surface area (Å²) in [4.78, 5) is 15.5. The zero-order chi connectivity index (χ0) is 22.6. The fourth-order valence-corrected chi connectivity index (χ4v) is 6.44. The van der Waals surface area contributed by atoms with Crippen LogP contribution in [0, 0.1) is 23.2 Å². The van der Waals surface area contributed by atoms with Crippen molar-refractivity contribution in [2.24, 2.45) is 23.2 Å². The monoisotopic (exact) mass is 470 g/mol. The van der Waals surface area contributed by atoms with Crippen LogP contribution in [-0.4, -0.2) is 52.7 Å². The van der Waals surface area contributed by atoms with Gasteiger partial charge in [0.05, 0.1) is 11.6 Å². The molecule has 0 radical (unpaired) electrons. The van der Waals surface area contributed by atoms with Crippen LogP contribution >= 0.6 is 11.6 Å². The number of halogens is 1. The van der Waals surface area contributed by atoms with Gasteiger partial charge >= 0.3 is 0 Å². The Morgan fingerprint density at radius 1 is 1.25 bits per heavy atom. The average Bonchev–Trinajstić information content (AvgIpc) is 2.73. The number of hydrogen-bond donors (Lipinski definition) is 2. The minimum absolute atomic E-state index is 0. The van der Waals surface area contributed by atoms with Crippen LogP contribution in [0.5, 0.6) is 0 Å². The predicted molar refractivity (Wildman–Crippen MR) is 133 cm³/mol. The standard InChI is InChI=1S/C26H45ClN2O2.H2O/c1-19(2)23(28-16-14-20-8-6-5-7-9-20)24(30)29-17-15-26(31,25(3,4)18-29)21-10-12-22(27)13-11-21;/h12,19-21,23,28,31H,5-11,13-18H2,1-4H3;1H2/t21?,23-,26+;/m1./s1. The molecular weight excluding hydrogens is 424 g/mol. The minimum Gasteiger partial charge on any atom is -0.412 e. The van der Waals surface area contributed by atoms with Crippen molar-refractivity contribution >= 4 is 17.5 Å². The molecule has 0 bridgehead atoms. The largest absolute Gasteiger partial charge is 0.412 e. The molecule has 1 aliphatic heterocycles. The van der Waals surface area contributed by atoms with Gasteiger partial charge in [0.25, 0.3) is 0 Å². The highest BCUT2D eigenvalue weighted by Crippen LogP contribution is 2.48. The summed E-state index contributed by atoms with van der Waals surface area (Å²) in [6.45, 7) is 10.7. The molecule has 32 heavy (non-hydrogen) atoms. The zero-order valence-electron chi connectivity index (χ0n) is 20.8. The molecule has 3 aliphatic rings. The van der Waals surface area contributed by atoms with Crippen molar-refractivity contribution in [1.29, 1.82) is 0 Å². The lowest BCUT2D eigenvalue weighted by Crippen LogP contribution is -2.63. The molecule has 2 aliphatic carbocycles. The van der Waals surface area contributed by atoms with Crippen LogP contribution in [0.25, 0.3) is 0 Å². The fraction of sp³-hybridized carbons (Fsp3) is 0.885. The lowest BCUT2D eigenvalue weighted by Gasteiger charge is -2.54. The van der Waals surface area contributed by atoms with Crippen LogP contribution in [0.1, 0.15) is 91.9 Å². The Kier molecular flexibility index (Phi) is 10.1. The highest BCUT2D eigenvalue weighted by molar-refractivity contribution is 6.29. The van der Waals surface area contributed by atoms with E-state index in [0.29, 0.717) is 19.5 Å². The maximum Gasteiger partial charge on any atom is 0.239 e. The molecule has 1 unspecified atom stereocenters. The van der Waals surface area contributed by atoms with Crippen molar-refractivity contribution in [2.75, 3.05) is 19.6 Å². The van der Waals surface area contributed by atoms with E-state index in [2.05, 4.69) is 39.1 Å². The summed E-state index contributed by atoms with van der Waals surface area (Å²) < 4.78 is 0. The number of rotatable bonds is 7. The first-order chi connectivity index (χ1) is 14.6. The van der Waals surface area contributed by atoms with Gasteiger partial charge in [-0.25, -0.2) is 0 Å². The van der Waals surface area contributed by atoms with E-state index in [0.717, 1.165) is 36.8 Å².